The lowest BCUT2D eigenvalue weighted by Gasteiger charge is -2.36. The highest BCUT2D eigenvalue weighted by atomic mass is 19.4. The van der Waals surface area contributed by atoms with Crippen LogP contribution in [-0.2, 0) is 19.2 Å². The Bertz CT molecular complexity index is 763. The van der Waals surface area contributed by atoms with Crippen LogP contribution in [0.1, 0.15) is 77.0 Å². The third-order valence-corrected chi connectivity index (χ3v) is 7.24. The summed E-state index contributed by atoms with van der Waals surface area (Å²) in [4.78, 5) is 46.2. The smallest absolute Gasteiger partial charge is 0.481 e. The zero-order valence-electron chi connectivity index (χ0n) is 19.7. The van der Waals surface area contributed by atoms with E-state index in [0.717, 1.165) is 64.2 Å². The Morgan fingerprint density at radius 2 is 1.03 bits per heavy atom. The second-order valence-corrected chi connectivity index (χ2v) is 9.71. The largest absolute Gasteiger partial charge is 0.490 e. The van der Waals surface area contributed by atoms with E-state index in [1.807, 2.05) is 0 Å². The number of halogens is 3. The van der Waals surface area contributed by atoms with E-state index in [-0.39, 0.29) is 41.8 Å². The molecule has 12 heteroatoms. The molecular formula is C23H36F3N3O6. The van der Waals surface area contributed by atoms with Gasteiger partial charge in [0.15, 0.2) is 0 Å². The summed E-state index contributed by atoms with van der Waals surface area (Å²) in [5.41, 5.74) is 6.15. The number of aliphatic carboxylic acids is 2. The van der Waals surface area contributed by atoms with Crippen LogP contribution in [0.25, 0.3) is 0 Å². The lowest BCUT2D eigenvalue weighted by molar-refractivity contribution is -0.192. The second kappa shape index (κ2) is 13.1. The standard InChI is InChI=1S/C21H35N3O4.C2HF3O2/c22-16-10-4-1-7-13(16)19(25)23-17-11-5-2-8-14(17)20(26)24-18-12-6-3-9-15(18)21(27)28;3-2(4,5)1(6)7/h13-18H,1-12,22H2,(H,23,25)(H,24,26)(H,27,28);(H,6,7)/t13-,14-,15-,16-,17-,18-;/m1./s1. The van der Waals surface area contributed by atoms with Crippen LogP contribution in [0.5, 0.6) is 0 Å². The van der Waals surface area contributed by atoms with Crippen molar-refractivity contribution in [3.05, 3.63) is 0 Å². The number of alkyl halides is 3. The van der Waals surface area contributed by atoms with Crippen LogP contribution >= 0.6 is 0 Å². The summed E-state index contributed by atoms with van der Waals surface area (Å²) in [6.45, 7) is 0. The molecule has 200 valence electrons. The molecule has 0 spiro atoms. The van der Waals surface area contributed by atoms with E-state index >= 15 is 0 Å². The molecule has 3 aliphatic rings. The molecule has 3 fully saturated rings. The highest BCUT2D eigenvalue weighted by molar-refractivity contribution is 5.84. The minimum Gasteiger partial charge on any atom is -0.481 e. The third kappa shape index (κ3) is 8.66. The Hall–Kier alpha value is -2.37. The molecule has 0 aromatic carbocycles. The van der Waals surface area contributed by atoms with E-state index in [0.29, 0.717) is 12.8 Å². The predicted octanol–water partition coefficient (Wildman–Crippen LogP) is 2.57. The molecule has 0 bridgehead atoms. The van der Waals surface area contributed by atoms with Gasteiger partial charge in [0.1, 0.15) is 0 Å². The molecule has 35 heavy (non-hydrogen) atoms. The normalized spacial score (nSPS) is 31.3. The van der Waals surface area contributed by atoms with Gasteiger partial charge in [-0.05, 0) is 38.5 Å². The number of nitrogens with two attached hydrogens (primary N) is 1. The highest BCUT2D eigenvalue weighted by Gasteiger charge is 2.39. The SMILES string of the molecule is N[C@@H]1CCCC[C@H]1C(=O)N[C@@H]1CCCC[C@H]1C(=O)N[C@@H]1CCCC[C@H]1C(=O)O.O=C(O)C(F)(F)F. The number of carbonyl (C=O) groups excluding carboxylic acids is 2. The minimum absolute atomic E-state index is 0.0158. The van der Waals surface area contributed by atoms with Crippen LogP contribution < -0.4 is 16.4 Å². The molecule has 0 unspecified atom stereocenters. The van der Waals surface area contributed by atoms with Crippen molar-refractivity contribution < 1.29 is 42.6 Å². The van der Waals surface area contributed by atoms with Gasteiger partial charge < -0.3 is 26.6 Å². The van der Waals surface area contributed by atoms with Gasteiger partial charge in [-0.1, -0.05) is 38.5 Å². The molecule has 3 aliphatic carbocycles. The van der Waals surface area contributed by atoms with Gasteiger partial charge in [0, 0.05) is 18.1 Å². The van der Waals surface area contributed by atoms with Crippen molar-refractivity contribution in [3.8, 4) is 0 Å². The number of carbonyl (C=O) groups is 4. The Morgan fingerprint density at radius 3 is 1.49 bits per heavy atom. The maximum absolute atomic E-state index is 13.0. The molecule has 0 radical (unpaired) electrons. The lowest BCUT2D eigenvalue weighted by atomic mass is 9.80. The van der Waals surface area contributed by atoms with Gasteiger partial charge in [-0.25, -0.2) is 4.79 Å². The van der Waals surface area contributed by atoms with Gasteiger partial charge in [0.05, 0.1) is 17.8 Å². The fourth-order valence-electron chi connectivity index (χ4n) is 5.28. The van der Waals surface area contributed by atoms with Gasteiger partial charge in [-0.3, -0.25) is 14.4 Å². The van der Waals surface area contributed by atoms with Crippen molar-refractivity contribution >= 4 is 23.8 Å². The second-order valence-electron chi connectivity index (χ2n) is 9.71. The fourth-order valence-corrected chi connectivity index (χ4v) is 5.28. The maximum Gasteiger partial charge on any atom is 0.490 e. The first-order valence-electron chi connectivity index (χ1n) is 12.3. The molecule has 6 N–H and O–H groups in total. The van der Waals surface area contributed by atoms with Crippen LogP contribution in [0.4, 0.5) is 13.2 Å². The molecule has 0 aromatic rings. The molecule has 9 nitrogen and oxygen atoms in total. The zero-order valence-corrected chi connectivity index (χ0v) is 19.7. The van der Waals surface area contributed by atoms with Gasteiger partial charge in [-0.15, -0.1) is 0 Å². The van der Waals surface area contributed by atoms with Crippen molar-refractivity contribution in [2.24, 2.45) is 23.5 Å². The predicted molar refractivity (Wildman–Crippen MR) is 119 cm³/mol. The molecule has 0 aromatic heterocycles. The van der Waals surface area contributed by atoms with Crippen LogP contribution in [0.3, 0.4) is 0 Å². The number of rotatable bonds is 5. The zero-order chi connectivity index (χ0) is 26.2. The fraction of sp³-hybridized carbons (Fsp3) is 0.826. The monoisotopic (exact) mass is 507 g/mol. The van der Waals surface area contributed by atoms with E-state index in [1.54, 1.807) is 0 Å². The van der Waals surface area contributed by atoms with Gasteiger partial charge in [-0.2, -0.15) is 13.2 Å². The summed E-state index contributed by atoms with van der Waals surface area (Å²) in [7, 11) is 0. The Kier molecular flexibility index (Phi) is 10.8. The number of hydrogen-bond acceptors (Lipinski definition) is 5. The van der Waals surface area contributed by atoms with Crippen LogP contribution in [-0.4, -0.2) is 58.3 Å². The summed E-state index contributed by atoms with van der Waals surface area (Å²) in [5, 5.41) is 22.7. The van der Waals surface area contributed by atoms with Crippen molar-refractivity contribution in [1.82, 2.24) is 10.6 Å². The molecule has 3 rings (SSSR count). The van der Waals surface area contributed by atoms with Crippen molar-refractivity contribution in [2.75, 3.05) is 0 Å². The summed E-state index contributed by atoms with van der Waals surface area (Å²) in [6.07, 6.45) is 5.36. The molecule has 0 heterocycles. The Balaban J connectivity index is 0.000000540. The maximum atomic E-state index is 13.0. The number of nitrogens with one attached hydrogen (secondary N) is 2. The van der Waals surface area contributed by atoms with E-state index in [2.05, 4.69) is 10.6 Å². The first-order valence-corrected chi connectivity index (χ1v) is 12.3. The first-order chi connectivity index (χ1) is 16.4. The van der Waals surface area contributed by atoms with Crippen molar-refractivity contribution in [2.45, 2.75) is 101 Å². The van der Waals surface area contributed by atoms with Crippen LogP contribution in [0.2, 0.25) is 0 Å². The van der Waals surface area contributed by atoms with Gasteiger partial charge in [0.25, 0.3) is 0 Å². The number of carboxylic acids is 2. The molecule has 6 atom stereocenters. The summed E-state index contributed by atoms with van der Waals surface area (Å²) < 4.78 is 31.7. The van der Waals surface area contributed by atoms with Crippen LogP contribution in [0, 0.1) is 17.8 Å². The van der Waals surface area contributed by atoms with Crippen molar-refractivity contribution in [1.29, 1.82) is 0 Å². The summed E-state index contributed by atoms with van der Waals surface area (Å²) in [6, 6.07) is -0.575. The topological polar surface area (TPSA) is 159 Å². The number of carboxylic acid groups (broad SMARTS) is 2. The molecule has 0 saturated heterocycles. The van der Waals surface area contributed by atoms with E-state index in [4.69, 9.17) is 15.6 Å². The minimum atomic E-state index is -5.08. The van der Waals surface area contributed by atoms with Crippen LogP contribution in [0.15, 0.2) is 0 Å². The number of hydrogen-bond donors (Lipinski definition) is 5. The highest BCUT2D eigenvalue weighted by Crippen LogP contribution is 2.29. The van der Waals surface area contributed by atoms with Gasteiger partial charge in [0.2, 0.25) is 11.8 Å². The van der Waals surface area contributed by atoms with Crippen molar-refractivity contribution in [3.63, 3.8) is 0 Å². The van der Waals surface area contributed by atoms with E-state index < -0.39 is 24.0 Å². The summed E-state index contributed by atoms with van der Waals surface area (Å²) >= 11 is 0. The van der Waals surface area contributed by atoms with Gasteiger partial charge >= 0.3 is 18.1 Å². The van der Waals surface area contributed by atoms with E-state index in [9.17, 15) is 32.7 Å². The Morgan fingerprint density at radius 1 is 0.657 bits per heavy atom. The average molecular weight is 508 g/mol. The lowest BCUT2D eigenvalue weighted by Crippen LogP contribution is -2.54. The molecule has 2 amide bonds. The quantitative estimate of drug-likeness (QED) is 0.382. The molecular weight excluding hydrogens is 471 g/mol. The molecule has 3 saturated carbocycles. The van der Waals surface area contributed by atoms with E-state index in [1.165, 1.54) is 0 Å². The Labute approximate surface area is 202 Å². The third-order valence-electron chi connectivity index (χ3n) is 7.24. The summed E-state index contributed by atoms with van der Waals surface area (Å²) in [5.74, 6) is -4.65. The first kappa shape index (κ1) is 28.9. The average Bonchev–Trinajstić information content (AvgIpc) is 2.79. The molecule has 0 aliphatic heterocycles. The number of amides is 2.